The Morgan fingerprint density at radius 2 is 2.00 bits per heavy atom. The molecule has 0 saturated carbocycles. The van der Waals surface area contributed by atoms with E-state index in [4.69, 9.17) is 0 Å². The molecule has 4 rings (SSSR count). The molecular formula is C17H19F3N6O. The first-order valence-corrected chi connectivity index (χ1v) is 8.71. The van der Waals surface area contributed by atoms with E-state index in [9.17, 15) is 18.0 Å². The first-order chi connectivity index (χ1) is 12.8. The number of alkyl halides is 3. The van der Waals surface area contributed by atoms with E-state index in [2.05, 4.69) is 15.1 Å². The number of pyridine rings is 1. The summed E-state index contributed by atoms with van der Waals surface area (Å²) in [6.07, 6.45) is -1.62. The largest absolute Gasteiger partial charge is 0.453 e. The van der Waals surface area contributed by atoms with Crippen LogP contribution >= 0.6 is 0 Å². The molecule has 4 heterocycles. The lowest BCUT2D eigenvalue weighted by Gasteiger charge is -2.23. The van der Waals surface area contributed by atoms with E-state index in [1.54, 1.807) is 16.0 Å². The zero-order chi connectivity index (χ0) is 19.2. The predicted molar refractivity (Wildman–Crippen MR) is 89.5 cm³/mol. The fraction of sp³-hybridized carbons (Fsp3) is 0.529. The zero-order valence-corrected chi connectivity index (χ0v) is 14.8. The predicted octanol–water partition coefficient (Wildman–Crippen LogP) is 1.86. The molecule has 1 atom stereocenters. The van der Waals surface area contributed by atoms with Crippen LogP contribution in [0.3, 0.4) is 0 Å². The number of aromatic nitrogens is 4. The molecule has 2 aromatic heterocycles. The van der Waals surface area contributed by atoms with Crippen LogP contribution in [0.2, 0.25) is 0 Å². The number of anilines is 1. The number of likely N-dealkylation sites (tertiary alicyclic amines) is 1. The summed E-state index contributed by atoms with van der Waals surface area (Å²) < 4.78 is 39.7. The fourth-order valence-corrected chi connectivity index (χ4v) is 3.92. The Bertz CT molecular complexity index is 852. The van der Waals surface area contributed by atoms with Gasteiger partial charge in [0, 0.05) is 32.9 Å². The van der Waals surface area contributed by atoms with Crippen LogP contribution in [-0.2, 0) is 24.6 Å². The summed E-state index contributed by atoms with van der Waals surface area (Å²) in [5, 5.41) is 3.47. The third-order valence-corrected chi connectivity index (χ3v) is 5.31. The van der Waals surface area contributed by atoms with Crippen molar-refractivity contribution in [3.8, 4) is 0 Å². The van der Waals surface area contributed by atoms with Crippen LogP contribution in [0.5, 0.6) is 0 Å². The molecule has 7 nitrogen and oxygen atoms in total. The number of aryl methyl sites for hydroxylation is 1. The van der Waals surface area contributed by atoms with Crippen molar-refractivity contribution in [1.29, 1.82) is 0 Å². The smallest absolute Gasteiger partial charge is 0.340 e. The van der Waals surface area contributed by atoms with Gasteiger partial charge in [0.1, 0.15) is 0 Å². The molecule has 0 N–H and O–H groups in total. The van der Waals surface area contributed by atoms with Gasteiger partial charge in [-0.3, -0.25) is 9.78 Å². The Morgan fingerprint density at radius 1 is 1.22 bits per heavy atom. The molecule has 1 spiro atoms. The fourth-order valence-electron chi connectivity index (χ4n) is 3.92. The topological polar surface area (TPSA) is 67.2 Å². The minimum absolute atomic E-state index is 0.0360. The molecule has 2 aliphatic rings. The van der Waals surface area contributed by atoms with Crippen molar-refractivity contribution in [3.05, 3.63) is 35.9 Å². The molecule has 0 bridgehead atoms. The highest BCUT2D eigenvalue weighted by atomic mass is 19.4. The molecule has 10 heteroatoms. The van der Waals surface area contributed by atoms with E-state index in [-0.39, 0.29) is 11.9 Å². The number of halogens is 3. The molecule has 2 saturated heterocycles. The summed E-state index contributed by atoms with van der Waals surface area (Å²) in [5.74, 6) is -0.973. The summed E-state index contributed by atoms with van der Waals surface area (Å²) >= 11 is 0. The second-order valence-corrected chi connectivity index (χ2v) is 7.11. The molecule has 144 valence electrons. The minimum Gasteiger partial charge on any atom is -0.340 e. The average molecular weight is 380 g/mol. The maximum atomic E-state index is 13.0. The molecule has 2 aromatic rings. The van der Waals surface area contributed by atoms with Crippen LogP contribution in [0, 0.1) is 5.41 Å². The van der Waals surface area contributed by atoms with E-state index in [0.717, 1.165) is 10.4 Å². The van der Waals surface area contributed by atoms with Gasteiger partial charge >= 0.3 is 6.18 Å². The Hall–Kier alpha value is -2.65. The lowest BCUT2D eigenvalue weighted by atomic mass is 9.85. The van der Waals surface area contributed by atoms with Crippen LogP contribution in [0.1, 0.15) is 24.4 Å². The van der Waals surface area contributed by atoms with Gasteiger partial charge in [0.25, 0.3) is 5.82 Å². The molecule has 1 unspecified atom stereocenters. The SMILES string of the molecule is Cn1nc(C(F)(F)F)nc1N1CCC2(CCN(Cc3ccccn3)C2=O)C1. The number of amides is 1. The second kappa shape index (κ2) is 6.21. The van der Waals surface area contributed by atoms with Gasteiger partial charge < -0.3 is 9.80 Å². The molecule has 2 aliphatic heterocycles. The molecule has 27 heavy (non-hydrogen) atoms. The molecule has 0 aromatic carbocycles. The normalized spacial score (nSPS) is 23.0. The van der Waals surface area contributed by atoms with Crippen LogP contribution in [-0.4, -0.2) is 50.2 Å². The lowest BCUT2D eigenvalue weighted by Crippen LogP contribution is -2.37. The van der Waals surface area contributed by atoms with Gasteiger partial charge in [-0.25, -0.2) is 4.68 Å². The Morgan fingerprint density at radius 3 is 2.67 bits per heavy atom. The van der Waals surface area contributed by atoms with Gasteiger partial charge in [-0.05, 0) is 25.0 Å². The highest BCUT2D eigenvalue weighted by molar-refractivity contribution is 5.86. The zero-order valence-electron chi connectivity index (χ0n) is 14.8. The van der Waals surface area contributed by atoms with Gasteiger partial charge in [-0.15, -0.1) is 5.10 Å². The van der Waals surface area contributed by atoms with Crippen molar-refractivity contribution in [3.63, 3.8) is 0 Å². The van der Waals surface area contributed by atoms with Crippen molar-refractivity contribution in [1.82, 2.24) is 24.6 Å². The molecule has 0 aliphatic carbocycles. The molecule has 2 fully saturated rings. The quantitative estimate of drug-likeness (QED) is 0.813. The maximum absolute atomic E-state index is 13.0. The van der Waals surface area contributed by atoms with Crippen LogP contribution in [0.25, 0.3) is 0 Å². The first kappa shape index (κ1) is 17.7. The summed E-state index contributed by atoms with van der Waals surface area (Å²) in [4.78, 5) is 24.4. The second-order valence-electron chi connectivity index (χ2n) is 7.11. The van der Waals surface area contributed by atoms with Gasteiger partial charge in [-0.1, -0.05) is 6.07 Å². The van der Waals surface area contributed by atoms with Crippen molar-refractivity contribution >= 4 is 11.9 Å². The number of nitrogens with zero attached hydrogens (tertiary/aromatic N) is 6. The van der Waals surface area contributed by atoms with Crippen LogP contribution in [0.4, 0.5) is 19.1 Å². The number of hydrogen-bond acceptors (Lipinski definition) is 5. The number of carbonyl (C=O) groups is 1. The van der Waals surface area contributed by atoms with Gasteiger partial charge in [0.2, 0.25) is 11.9 Å². The lowest BCUT2D eigenvalue weighted by molar-refractivity contribution is -0.145. The maximum Gasteiger partial charge on any atom is 0.453 e. The van der Waals surface area contributed by atoms with Crippen molar-refractivity contribution in [2.75, 3.05) is 24.5 Å². The summed E-state index contributed by atoms with van der Waals surface area (Å²) in [6, 6.07) is 5.57. The van der Waals surface area contributed by atoms with E-state index in [1.165, 1.54) is 7.05 Å². The van der Waals surface area contributed by atoms with Crippen LogP contribution < -0.4 is 4.90 Å². The van der Waals surface area contributed by atoms with Crippen LogP contribution in [0.15, 0.2) is 24.4 Å². The van der Waals surface area contributed by atoms with Gasteiger partial charge in [0.15, 0.2) is 0 Å². The standard InChI is InChI=1S/C17H19F3N6O/c1-24-15(22-13(23-24)17(18,19)20)26-9-6-16(11-26)5-8-25(14(16)27)10-12-4-2-3-7-21-12/h2-4,7H,5-6,8-11H2,1H3. The van der Waals surface area contributed by atoms with E-state index in [0.29, 0.717) is 39.0 Å². The highest BCUT2D eigenvalue weighted by Gasteiger charge is 2.51. The summed E-state index contributed by atoms with van der Waals surface area (Å²) in [5.41, 5.74) is 0.250. The Balaban J connectivity index is 1.49. The number of hydrogen-bond donors (Lipinski definition) is 0. The number of carbonyl (C=O) groups excluding carboxylic acids is 1. The molecule has 0 radical (unpaired) electrons. The average Bonchev–Trinajstić information content (AvgIpc) is 3.30. The van der Waals surface area contributed by atoms with Gasteiger partial charge in [0.05, 0.1) is 17.7 Å². The monoisotopic (exact) mass is 380 g/mol. The summed E-state index contributed by atoms with van der Waals surface area (Å²) in [7, 11) is 1.44. The van der Waals surface area contributed by atoms with E-state index >= 15 is 0 Å². The third-order valence-electron chi connectivity index (χ3n) is 5.31. The summed E-state index contributed by atoms with van der Waals surface area (Å²) in [6.45, 7) is 1.90. The Labute approximate surface area is 153 Å². The first-order valence-electron chi connectivity index (χ1n) is 8.71. The molecular weight excluding hydrogens is 361 g/mol. The number of rotatable bonds is 3. The molecule has 1 amide bonds. The van der Waals surface area contributed by atoms with Crippen molar-refractivity contribution in [2.45, 2.75) is 25.6 Å². The van der Waals surface area contributed by atoms with Crippen molar-refractivity contribution < 1.29 is 18.0 Å². The van der Waals surface area contributed by atoms with E-state index in [1.807, 2.05) is 18.2 Å². The van der Waals surface area contributed by atoms with Crippen molar-refractivity contribution in [2.24, 2.45) is 12.5 Å². The third kappa shape index (κ3) is 3.13. The van der Waals surface area contributed by atoms with E-state index < -0.39 is 17.4 Å². The van der Waals surface area contributed by atoms with Gasteiger partial charge in [-0.2, -0.15) is 18.2 Å². The Kier molecular flexibility index (Phi) is 4.08. The highest BCUT2D eigenvalue weighted by Crippen LogP contribution is 2.42. The minimum atomic E-state index is -4.59.